The van der Waals surface area contributed by atoms with Crippen molar-refractivity contribution in [1.29, 1.82) is 5.26 Å². The number of nitrogens with zero attached hydrogens (tertiary/aromatic N) is 1. The predicted octanol–water partition coefficient (Wildman–Crippen LogP) is 3.03. The maximum Gasteiger partial charge on any atom is 0.339 e. The van der Waals surface area contributed by atoms with Crippen molar-refractivity contribution in [3.05, 3.63) is 53.6 Å². The molecule has 0 fully saturated rings. The van der Waals surface area contributed by atoms with Gasteiger partial charge >= 0.3 is 10.1 Å². The zero-order chi connectivity index (χ0) is 16.2. The number of hydrogen-bond donors (Lipinski definition) is 0. The first-order valence-electron chi connectivity index (χ1n) is 6.64. The summed E-state index contributed by atoms with van der Waals surface area (Å²) in [4.78, 5) is -0.0639. The van der Waals surface area contributed by atoms with E-state index in [0.29, 0.717) is 12.4 Å². The number of hydrogen-bond acceptors (Lipinski definition) is 5. The van der Waals surface area contributed by atoms with E-state index in [4.69, 9.17) is 14.2 Å². The molecule has 2 aromatic rings. The fraction of sp³-hybridized carbons (Fsp3) is 0.188. The lowest BCUT2D eigenvalue weighted by Gasteiger charge is -2.10. The zero-order valence-corrected chi connectivity index (χ0v) is 13.1. The largest absolute Gasteiger partial charge is 0.494 e. The van der Waals surface area contributed by atoms with Crippen LogP contribution in [0.25, 0.3) is 0 Å². The maximum absolute atomic E-state index is 12.3. The second-order valence-corrected chi connectivity index (χ2v) is 6.14. The van der Waals surface area contributed by atoms with Crippen molar-refractivity contribution in [3.63, 3.8) is 0 Å². The van der Waals surface area contributed by atoms with Crippen LogP contribution in [0.15, 0.2) is 47.4 Å². The lowest BCUT2D eigenvalue weighted by molar-refractivity contribution is 0.338. The van der Waals surface area contributed by atoms with E-state index in [0.717, 1.165) is 5.56 Å². The summed E-state index contributed by atoms with van der Waals surface area (Å²) < 4.78 is 35.1. The van der Waals surface area contributed by atoms with Crippen molar-refractivity contribution in [3.8, 4) is 17.6 Å². The Balaban J connectivity index is 2.34. The molecule has 2 rings (SSSR count). The van der Waals surface area contributed by atoms with Gasteiger partial charge in [-0.3, -0.25) is 0 Å². The first-order valence-corrected chi connectivity index (χ1v) is 8.04. The fourth-order valence-corrected chi connectivity index (χ4v) is 2.87. The fourth-order valence-electron chi connectivity index (χ4n) is 1.91. The van der Waals surface area contributed by atoms with Crippen LogP contribution in [0.3, 0.4) is 0 Å². The van der Waals surface area contributed by atoms with Gasteiger partial charge in [-0.2, -0.15) is 13.7 Å². The van der Waals surface area contributed by atoms with Gasteiger partial charge in [-0.05, 0) is 49.7 Å². The third-order valence-electron chi connectivity index (χ3n) is 2.79. The van der Waals surface area contributed by atoms with Crippen molar-refractivity contribution in [1.82, 2.24) is 0 Å². The normalized spacial score (nSPS) is 10.8. The minimum Gasteiger partial charge on any atom is -0.494 e. The number of aryl methyl sites for hydroxylation is 1. The van der Waals surface area contributed by atoms with E-state index >= 15 is 0 Å². The highest BCUT2D eigenvalue weighted by molar-refractivity contribution is 7.87. The topological polar surface area (TPSA) is 76.4 Å². The van der Waals surface area contributed by atoms with Gasteiger partial charge in [0.25, 0.3) is 0 Å². The molecule has 22 heavy (non-hydrogen) atoms. The van der Waals surface area contributed by atoms with Crippen LogP contribution in [0.1, 0.15) is 18.1 Å². The van der Waals surface area contributed by atoms with Crippen molar-refractivity contribution < 1.29 is 17.3 Å². The van der Waals surface area contributed by atoms with Crippen molar-refractivity contribution in [2.24, 2.45) is 0 Å². The van der Waals surface area contributed by atoms with Crippen LogP contribution in [0.4, 0.5) is 0 Å². The van der Waals surface area contributed by atoms with E-state index in [1.54, 1.807) is 12.1 Å². The summed E-state index contributed by atoms with van der Waals surface area (Å²) in [5.41, 5.74) is 1.07. The Hall–Kier alpha value is -2.52. The lowest BCUT2D eigenvalue weighted by Crippen LogP contribution is -2.10. The molecule has 0 spiro atoms. The van der Waals surface area contributed by atoms with Crippen LogP contribution in [0, 0.1) is 18.3 Å². The summed E-state index contributed by atoms with van der Waals surface area (Å²) in [6.45, 7) is 4.13. The molecule has 0 amide bonds. The minimum absolute atomic E-state index is 0.0639. The Morgan fingerprint density at radius 2 is 1.86 bits per heavy atom. The number of rotatable bonds is 5. The molecular weight excluding hydrogens is 302 g/mol. The standard InChI is InChI=1S/C16H15NO4S/c1-3-20-14-7-12(2)8-15(10-14)21-22(18,19)16-6-4-5-13(9-16)11-17/h4-10H,3H2,1-2H3. The zero-order valence-electron chi connectivity index (χ0n) is 12.2. The molecule has 0 aromatic heterocycles. The monoisotopic (exact) mass is 317 g/mol. The molecule has 0 unspecified atom stereocenters. The van der Waals surface area contributed by atoms with Crippen molar-refractivity contribution in [2.45, 2.75) is 18.7 Å². The molecule has 0 saturated carbocycles. The third-order valence-corrected chi connectivity index (χ3v) is 4.04. The SMILES string of the molecule is CCOc1cc(C)cc(OS(=O)(=O)c2cccc(C#N)c2)c1. The second-order valence-electron chi connectivity index (χ2n) is 4.59. The van der Waals surface area contributed by atoms with Gasteiger partial charge in [0, 0.05) is 6.07 Å². The summed E-state index contributed by atoms with van der Waals surface area (Å²) in [7, 11) is -4.00. The van der Waals surface area contributed by atoms with E-state index in [-0.39, 0.29) is 16.2 Å². The van der Waals surface area contributed by atoms with Crippen LogP contribution >= 0.6 is 0 Å². The molecule has 0 aliphatic heterocycles. The van der Waals surface area contributed by atoms with Gasteiger partial charge in [0.2, 0.25) is 0 Å². The summed E-state index contributed by atoms with van der Waals surface area (Å²) in [5, 5.41) is 8.85. The van der Waals surface area contributed by atoms with E-state index in [1.165, 1.54) is 30.3 Å². The molecule has 0 N–H and O–H groups in total. The first kappa shape index (κ1) is 15.9. The molecule has 5 nitrogen and oxygen atoms in total. The lowest BCUT2D eigenvalue weighted by atomic mass is 10.2. The van der Waals surface area contributed by atoms with Gasteiger partial charge in [0.15, 0.2) is 0 Å². The summed E-state index contributed by atoms with van der Waals surface area (Å²) in [6.07, 6.45) is 0. The van der Waals surface area contributed by atoms with Gasteiger partial charge < -0.3 is 8.92 Å². The first-order chi connectivity index (χ1) is 10.4. The smallest absolute Gasteiger partial charge is 0.339 e. The van der Waals surface area contributed by atoms with Gasteiger partial charge in [0.1, 0.15) is 16.4 Å². The molecule has 0 atom stereocenters. The van der Waals surface area contributed by atoms with Crippen LogP contribution in [-0.2, 0) is 10.1 Å². The Labute approximate surface area is 129 Å². The molecule has 0 aliphatic carbocycles. The van der Waals surface area contributed by atoms with Crippen molar-refractivity contribution >= 4 is 10.1 Å². The average Bonchev–Trinajstić information content (AvgIpc) is 2.46. The van der Waals surface area contributed by atoms with Crippen molar-refractivity contribution in [2.75, 3.05) is 6.61 Å². The Kier molecular flexibility index (Phi) is 4.68. The van der Waals surface area contributed by atoms with Gasteiger partial charge in [-0.15, -0.1) is 0 Å². The molecule has 2 aromatic carbocycles. The average molecular weight is 317 g/mol. The van der Waals surface area contributed by atoms with Gasteiger partial charge in [-0.25, -0.2) is 0 Å². The quantitative estimate of drug-likeness (QED) is 0.792. The number of ether oxygens (including phenoxy) is 1. The summed E-state index contributed by atoms with van der Waals surface area (Å²) in [5.74, 6) is 0.712. The molecular formula is C16H15NO4S. The van der Waals surface area contributed by atoms with Crippen LogP contribution < -0.4 is 8.92 Å². The molecule has 0 saturated heterocycles. The van der Waals surface area contributed by atoms with Crippen LogP contribution in [0.2, 0.25) is 0 Å². The molecule has 114 valence electrons. The van der Waals surface area contributed by atoms with E-state index in [2.05, 4.69) is 0 Å². The highest BCUT2D eigenvalue weighted by Gasteiger charge is 2.17. The van der Waals surface area contributed by atoms with Gasteiger partial charge in [-0.1, -0.05) is 6.07 Å². The van der Waals surface area contributed by atoms with Crippen LogP contribution in [0.5, 0.6) is 11.5 Å². The third kappa shape index (κ3) is 3.77. The van der Waals surface area contributed by atoms with Crippen LogP contribution in [-0.4, -0.2) is 15.0 Å². The molecule has 0 radical (unpaired) electrons. The Morgan fingerprint density at radius 3 is 2.55 bits per heavy atom. The van der Waals surface area contributed by atoms with E-state index in [9.17, 15) is 8.42 Å². The molecule has 6 heteroatoms. The second kappa shape index (κ2) is 6.50. The van der Waals surface area contributed by atoms with E-state index < -0.39 is 10.1 Å². The Bertz CT molecular complexity index is 822. The minimum atomic E-state index is -4.00. The summed E-state index contributed by atoms with van der Waals surface area (Å²) in [6, 6.07) is 12.5. The predicted molar refractivity (Wildman–Crippen MR) is 81.3 cm³/mol. The molecule has 0 heterocycles. The highest BCUT2D eigenvalue weighted by Crippen LogP contribution is 2.25. The maximum atomic E-state index is 12.3. The summed E-state index contributed by atoms with van der Waals surface area (Å²) >= 11 is 0. The van der Waals surface area contributed by atoms with E-state index in [1.807, 2.05) is 19.9 Å². The van der Waals surface area contributed by atoms with Gasteiger partial charge in [0.05, 0.1) is 18.2 Å². The molecule has 0 aliphatic rings. The highest BCUT2D eigenvalue weighted by atomic mass is 32.2. The number of nitriles is 1. The molecule has 0 bridgehead atoms. The number of benzene rings is 2. The Morgan fingerprint density at radius 1 is 1.14 bits per heavy atom.